The number of carbonyl (C=O) groups is 2. The van der Waals surface area contributed by atoms with E-state index in [1.165, 1.54) is 0 Å². The second-order valence-electron chi connectivity index (χ2n) is 2.33. The molecule has 2 unspecified atom stereocenters. The maximum Gasteiger partial charge on any atom is 0.322 e. The Hall–Kier alpha value is -1.24. The van der Waals surface area contributed by atoms with E-state index in [0.717, 1.165) is 0 Å². The lowest BCUT2D eigenvalue weighted by Gasteiger charge is -2.11. The number of hydrogen-bond donors (Lipinski definition) is 3. The van der Waals surface area contributed by atoms with Gasteiger partial charge in [-0.25, -0.2) is 8.78 Å². The van der Waals surface area contributed by atoms with Gasteiger partial charge in [-0.3, -0.25) is 9.59 Å². The summed E-state index contributed by atoms with van der Waals surface area (Å²) in [5, 5.41) is 9.83. The third-order valence-corrected chi connectivity index (χ3v) is 1.22. The first kappa shape index (κ1) is 11.8. The van der Waals surface area contributed by atoms with E-state index in [9.17, 15) is 18.4 Å². The quantitative estimate of drug-likeness (QED) is 0.516. The number of hydrogen-bond acceptors (Lipinski definition) is 3. The lowest BCUT2D eigenvalue weighted by Crippen LogP contribution is -2.46. The van der Waals surface area contributed by atoms with E-state index < -0.39 is 37.3 Å². The fraction of sp³-hybridized carbons (Fsp3) is 0.667. The van der Waals surface area contributed by atoms with E-state index in [1.807, 2.05) is 0 Å². The van der Waals surface area contributed by atoms with Crippen LogP contribution in [0.15, 0.2) is 0 Å². The van der Waals surface area contributed by atoms with E-state index in [2.05, 4.69) is 0 Å². The van der Waals surface area contributed by atoms with Crippen molar-refractivity contribution < 1.29 is 23.5 Å². The van der Waals surface area contributed by atoms with Crippen molar-refractivity contribution in [1.82, 2.24) is 5.32 Å². The van der Waals surface area contributed by atoms with E-state index >= 15 is 0 Å². The number of carboxylic acids is 1. The fourth-order valence-corrected chi connectivity index (χ4v) is 0.533. The Labute approximate surface area is 72.9 Å². The van der Waals surface area contributed by atoms with Crippen molar-refractivity contribution >= 4 is 11.9 Å². The number of carbonyl (C=O) groups excluding carboxylic acids is 1. The molecule has 4 N–H and O–H groups in total. The summed E-state index contributed by atoms with van der Waals surface area (Å²) in [6, 6.07) is -1.55. The monoisotopic (exact) mass is 196 g/mol. The maximum atomic E-state index is 12.7. The first-order valence-electron chi connectivity index (χ1n) is 3.44. The van der Waals surface area contributed by atoms with Gasteiger partial charge in [0.15, 0.2) is 6.17 Å². The number of alkyl halides is 2. The third kappa shape index (κ3) is 4.36. The van der Waals surface area contributed by atoms with Crippen LogP contribution in [0.25, 0.3) is 0 Å². The third-order valence-electron chi connectivity index (χ3n) is 1.22. The molecule has 0 saturated heterocycles. The SMILES string of the molecule is NC(CF)C(F)C(=O)NCC(=O)O. The molecule has 0 aliphatic rings. The van der Waals surface area contributed by atoms with Crippen LogP contribution in [0.3, 0.4) is 0 Å². The zero-order valence-corrected chi connectivity index (χ0v) is 6.67. The number of halogens is 2. The predicted octanol–water partition coefficient (Wildman–Crippen LogP) is -1.18. The zero-order chi connectivity index (χ0) is 10.4. The standard InChI is InChI=1S/C6H10F2N2O3/c7-1-3(9)5(8)6(13)10-2-4(11)12/h3,5H,1-2,9H2,(H,10,13)(H,11,12). The van der Waals surface area contributed by atoms with Crippen LogP contribution >= 0.6 is 0 Å². The molecular weight excluding hydrogens is 186 g/mol. The summed E-state index contributed by atoms with van der Waals surface area (Å²) in [6.07, 6.45) is -2.22. The average Bonchev–Trinajstić information content (AvgIpc) is 2.11. The molecule has 0 aromatic carbocycles. The summed E-state index contributed by atoms with van der Waals surface area (Å²) in [6.45, 7) is -1.89. The van der Waals surface area contributed by atoms with E-state index in [1.54, 1.807) is 5.32 Å². The van der Waals surface area contributed by atoms with Crippen LogP contribution < -0.4 is 11.1 Å². The van der Waals surface area contributed by atoms with Crippen molar-refractivity contribution in [2.75, 3.05) is 13.2 Å². The van der Waals surface area contributed by atoms with Gasteiger partial charge in [0.2, 0.25) is 0 Å². The van der Waals surface area contributed by atoms with Crippen molar-refractivity contribution in [3.63, 3.8) is 0 Å². The molecule has 5 nitrogen and oxygen atoms in total. The first-order chi connectivity index (χ1) is 5.99. The van der Waals surface area contributed by atoms with Gasteiger partial charge >= 0.3 is 5.97 Å². The molecule has 0 rings (SSSR count). The van der Waals surface area contributed by atoms with E-state index in [4.69, 9.17) is 10.8 Å². The number of aliphatic carboxylic acids is 1. The molecule has 0 radical (unpaired) electrons. The van der Waals surface area contributed by atoms with Gasteiger partial charge in [0.1, 0.15) is 13.2 Å². The number of nitrogens with one attached hydrogen (secondary N) is 1. The van der Waals surface area contributed by atoms with Gasteiger partial charge in [-0.05, 0) is 0 Å². The minimum atomic E-state index is -2.22. The minimum absolute atomic E-state index is 0.710. The molecule has 0 heterocycles. The van der Waals surface area contributed by atoms with Crippen LogP contribution in [-0.2, 0) is 9.59 Å². The van der Waals surface area contributed by atoms with Gasteiger partial charge in [-0.15, -0.1) is 0 Å². The predicted molar refractivity (Wildman–Crippen MR) is 39.5 cm³/mol. The Bertz CT molecular complexity index is 200. The number of carboxylic acid groups (broad SMARTS) is 1. The van der Waals surface area contributed by atoms with Crippen molar-refractivity contribution in [3.8, 4) is 0 Å². The summed E-state index contributed by atoms with van der Waals surface area (Å²) in [4.78, 5) is 20.6. The van der Waals surface area contributed by atoms with Crippen molar-refractivity contribution in [1.29, 1.82) is 0 Å². The zero-order valence-electron chi connectivity index (χ0n) is 6.67. The van der Waals surface area contributed by atoms with Crippen molar-refractivity contribution in [3.05, 3.63) is 0 Å². The molecule has 0 aliphatic carbocycles. The van der Waals surface area contributed by atoms with Gasteiger partial charge in [0.25, 0.3) is 5.91 Å². The minimum Gasteiger partial charge on any atom is -0.480 e. The molecule has 0 bridgehead atoms. The Morgan fingerprint density at radius 1 is 1.54 bits per heavy atom. The van der Waals surface area contributed by atoms with Crippen LogP contribution in [0.1, 0.15) is 0 Å². The Morgan fingerprint density at radius 2 is 2.08 bits per heavy atom. The summed E-state index contributed by atoms with van der Waals surface area (Å²) in [5.41, 5.74) is 4.87. The number of rotatable bonds is 5. The Kier molecular flexibility index (Phi) is 4.90. The lowest BCUT2D eigenvalue weighted by molar-refractivity contribution is -0.138. The van der Waals surface area contributed by atoms with E-state index in [-0.39, 0.29) is 0 Å². The topological polar surface area (TPSA) is 92.4 Å². The molecule has 7 heteroatoms. The molecule has 1 amide bonds. The van der Waals surface area contributed by atoms with E-state index in [0.29, 0.717) is 0 Å². The lowest BCUT2D eigenvalue weighted by atomic mass is 10.2. The van der Waals surface area contributed by atoms with Gasteiger partial charge in [0, 0.05) is 0 Å². The molecule has 0 fully saturated rings. The van der Waals surface area contributed by atoms with Crippen LogP contribution in [-0.4, -0.2) is 42.4 Å². The highest BCUT2D eigenvalue weighted by molar-refractivity contribution is 5.84. The van der Waals surface area contributed by atoms with Crippen molar-refractivity contribution in [2.24, 2.45) is 5.73 Å². The molecule has 0 aromatic heterocycles. The summed E-state index contributed by atoms with van der Waals surface area (Å²) in [7, 11) is 0. The highest BCUT2D eigenvalue weighted by Crippen LogP contribution is 1.97. The Balaban J connectivity index is 3.89. The second-order valence-corrected chi connectivity index (χ2v) is 2.33. The van der Waals surface area contributed by atoms with Gasteiger partial charge in [-0.1, -0.05) is 0 Å². The van der Waals surface area contributed by atoms with Gasteiger partial charge in [-0.2, -0.15) is 0 Å². The highest BCUT2D eigenvalue weighted by Gasteiger charge is 2.24. The highest BCUT2D eigenvalue weighted by atomic mass is 19.1. The molecule has 0 aromatic rings. The van der Waals surface area contributed by atoms with Crippen molar-refractivity contribution in [2.45, 2.75) is 12.2 Å². The molecule has 13 heavy (non-hydrogen) atoms. The van der Waals surface area contributed by atoms with Crippen LogP contribution in [0, 0.1) is 0 Å². The molecule has 76 valence electrons. The Morgan fingerprint density at radius 3 is 2.46 bits per heavy atom. The fourth-order valence-electron chi connectivity index (χ4n) is 0.533. The molecular formula is C6H10F2N2O3. The number of nitrogens with two attached hydrogens (primary N) is 1. The normalized spacial score (nSPS) is 14.7. The smallest absolute Gasteiger partial charge is 0.322 e. The summed E-state index contributed by atoms with van der Waals surface area (Å²) in [5.74, 6) is -2.53. The largest absolute Gasteiger partial charge is 0.480 e. The van der Waals surface area contributed by atoms with Gasteiger partial charge < -0.3 is 16.2 Å². The molecule has 2 atom stereocenters. The second kappa shape index (κ2) is 5.41. The number of amides is 1. The van der Waals surface area contributed by atoms with Gasteiger partial charge in [0.05, 0.1) is 6.04 Å². The molecule has 0 spiro atoms. The first-order valence-corrected chi connectivity index (χ1v) is 3.44. The average molecular weight is 196 g/mol. The van der Waals surface area contributed by atoms with Crippen LogP contribution in [0.4, 0.5) is 8.78 Å². The maximum absolute atomic E-state index is 12.7. The summed E-state index contributed by atoms with van der Waals surface area (Å²) >= 11 is 0. The molecule has 0 aliphatic heterocycles. The van der Waals surface area contributed by atoms with Crippen LogP contribution in [0.2, 0.25) is 0 Å². The summed E-state index contributed by atoms with van der Waals surface area (Å²) < 4.78 is 24.4. The van der Waals surface area contributed by atoms with Crippen LogP contribution in [0.5, 0.6) is 0 Å². The molecule has 0 saturated carbocycles.